The van der Waals surface area contributed by atoms with Crippen LogP contribution in [0.3, 0.4) is 0 Å². The largest absolute Gasteiger partial charge is 0.497 e. The molecule has 8 aromatic carbocycles. The molecule has 8 aromatic heterocycles. The Labute approximate surface area is 794 Å². The van der Waals surface area contributed by atoms with Gasteiger partial charge in [-0.25, -0.2) is 43.2 Å². The number of alkyl halides is 4. The van der Waals surface area contributed by atoms with Crippen LogP contribution in [0.25, 0.3) is 43.6 Å². The molecular weight excluding hydrogens is 1750 g/mol. The summed E-state index contributed by atoms with van der Waals surface area (Å²) in [5.74, 6) is 3.65. The number of anilines is 12. The number of hydrogen-bond donors (Lipinski definition) is 0. The number of benzene rings is 8. The predicted octanol–water partition coefficient (Wildman–Crippen LogP) is 20.3. The molecule has 136 heavy (non-hydrogen) atoms. The van der Waals surface area contributed by atoms with Gasteiger partial charge in [-0.1, -0.05) is 6.92 Å². The van der Waals surface area contributed by atoms with Gasteiger partial charge in [0, 0.05) is 144 Å². The normalized spacial score (nSPS) is 15.7. The molecule has 16 aromatic rings. The number of amides is 8. The Hall–Kier alpha value is -16.6. The summed E-state index contributed by atoms with van der Waals surface area (Å²) in [6, 6.07) is 59.5. The topological polar surface area (TPSA) is 291 Å². The van der Waals surface area contributed by atoms with E-state index in [0.29, 0.717) is 101 Å². The maximum atomic E-state index is 14.0. The molecule has 0 saturated heterocycles. The fraction of sp³-hybridized carbons (Fsp3) is 0.240. The molecule has 0 unspecified atom stereocenters. The molecule has 0 spiro atoms. The molecule has 4 aliphatic heterocycles. The van der Waals surface area contributed by atoms with Crippen LogP contribution in [0.4, 0.5) is 106 Å². The smallest absolute Gasteiger partial charge is 0.392 e. The highest BCUT2D eigenvalue weighted by Gasteiger charge is 2.40. The second-order valence-corrected chi connectivity index (χ2v) is 32.3. The SMILES string of the molecule is [2H]C([2H])([2H])Oc1ccc(N2C(=O)N(c3ccc4nn(C)cc4c3)Cc3ccc(OCC4CC4)nc32)cc1.[2H]C([2H])([2H])Oc1ccc(N2C(=O)N(c3ccc4nn(C)cc4c3)Cc3ccc(OCCC(F)(F)F)nc32)cc1.[2H]C([2H])([2H])Oc1ccc(N2C(=O)N(c3ccc4nn(C)cc4c3)Cc3ccc(OCCC)nc32)cc1.[2H]C([2H])([2H])Oc1ccc(N2C(=O)N(c3ccc4nn(C)cc4c3)Cc3ccc(OCCF)nc32)cc1. The van der Waals surface area contributed by atoms with E-state index in [1.165, 1.54) is 91.2 Å². The Morgan fingerprint density at radius 2 is 0.610 bits per heavy atom. The highest BCUT2D eigenvalue weighted by atomic mass is 19.4. The van der Waals surface area contributed by atoms with Gasteiger partial charge >= 0.3 is 30.3 Å². The zero-order valence-corrected chi connectivity index (χ0v) is 73.7. The lowest BCUT2D eigenvalue weighted by Gasteiger charge is -2.36. The number of nitrogens with zero attached hydrogens (tertiary/aromatic N) is 20. The van der Waals surface area contributed by atoms with Crippen LogP contribution in [0.5, 0.6) is 46.5 Å². The van der Waals surface area contributed by atoms with Crippen molar-refractivity contribution in [2.75, 3.05) is 100 Å². The van der Waals surface area contributed by atoms with Crippen LogP contribution in [-0.4, -0.2) is 151 Å². The molecule has 12 heterocycles. The van der Waals surface area contributed by atoms with Crippen molar-refractivity contribution in [3.05, 3.63) is 265 Å². The number of carbonyl (C=O) groups is 4. The van der Waals surface area contributed by atoms with Gasteiger partial charge in [-0.15, -0.1) is 0 Å². The number of carbonyl (C=O) groups excluding carboxylic acids is 4. The average molecular weight is 1860 g/mol. The van der Waals surface area contributed by atoms with Crippen molar-refractivity contribution in [2.24, 2.45) is 34.1 Å². The van der Waals surface area contributed by atoms with Crippen LogP contribution in [0.1, 0.15) is 71.3 Å². The summed E-state index contributed by atoms with van der Waals surface area (Å²) >= 11 is 0. The number of aryl methyl sites for hydroxylation is 4. The summed E-state index contributed by atoms with van der Waals surface area (Å²) in [6.07, 6.45) is 5.14. The zero-order valence-electron chi connectivity index (χ0n) is 85.7. The molecule has 21 rings (SSSR count). The minimum absolute atomic E-state index is 0.0663. The lowest BCUT2D eigenvalue weighted by molar-refractivity contribution is -0.139. The third-order valence-electron chi connectivity index (χ3n) is 22.7. The van der Waals surface area contributed by atoms with Crippen molar-refractivity contribution in [1.82, 2.24) is 59.1 Å². The van der Waals surface area contributed by atoms with E-state index in [1.807, 2.05) is 132 Å². The first-order valence-corrected chi connectivity index (χ1v) is 43.0. The second-order valence-electron chi connectivity index (χ2n) is 32.3. The molecule has 0 atom stereocenters. The Bertz CT molecular complexity index is 7410. The van der Waals surface area contributed by atoms with E-state index in [2.05, 4.69) is 35.3 Å². The van der Waals surface area contributed by atoms with Crippen molar-refractivity contribution >= 4 is 137 Å². The van der Waals surface area contributed by atoms with Crippen LogP contribution in [-0.2, 0) is 54.4 Å². The average Bonchev–Trinajstić information content (AvgIpc) is 0.975. The van der Waals surface area contributed by atoms with Crippen LogP contribution in [0.2, 0.25) is 0 Å². The van der Waals surface area contributed by atoms with E-state index in [-0.39, 0.29) is 78.4 Å². The van der Waals surface area contributed by atoms with E-state index < -0.39 is 60.1 Å². The second kappa shape index (κ2) is 38.7. The van der Waals surface area contributed by atoms with Gasteiger partial charge in [-0.05, 0) is 219 Å². The minimum Gasteiger partial charge on any atom is -0.497 e. The zero-order chi connectivity index (χ0) is 105. The van der Waals surface area contributed by atoms with Crippen LogP contribution >= 0.6 is 0 Å². The number of hydrogen-bond acceptors (Lipinski definition) is 20. The molecule has 5 aliphatic rings. The molecule has 1 fully saturated rings. The van der Waals surface area contributed by atoms with Crippen molar-refractivity contribution in [1.29, 1.82) is 0 Å². The van der Waals surface area contributed by atoms with Gasteiger partial charge in [-0.2, -0.15) is 53.5 Å². The highest BCUT2D eigenvalue weighted by Crippen LogP contribution is 2.45. The fourth-order valence-electron chi connectivity index (χ4n) is 15.9. The molecule has 0 N–H and O–H groups in total. The van der Waals surface area contributed by atoms with Crippen LogP contribution < -0.4 is 77.1 Å². The monoisotopic (exact) mass is 1850 g/mol. The van der Waals surface area contributed by atoms with E-state index in [1.54, 1.807) is 113 Å². The lowest BCUT2D eigenvalue weighted by atomic mass is 10.1. The third-order valence-corrected chi connectivity index (χ3v) is 22.7. The third kappa shape index (κ3) is 19.4. The van der Waals surface area contributed by atoms with E-state index in [9.17, 15) is 36.7 Å². The van der Waals surface area contributed by atoms with Crippen LogP contribution in [0, 0.1) is 5.92 Å². The first-order valence-electron chi connectivity index (χ1n) is 49.0. The number of halogens is 4. The van der Waals surface area contributed by atoms with E-state index in [4.69, 9.17) is 59.3 Å². The lowest BCUT2D eigenvalue weighted by Crippen LogP contribution is -2.45. The molecule has 8 amide bonds. The molecule has 0 bridgehead atoms. The minimum atomic E-state index is -4.38. The Kier molecular flexibility index (Phi) is 21.6. The number of aromatic nitrogens is 12. The molecule has 1 saturated carbocycles. The van der Waals surface area contributed by atoms with Gasteiger partial charge in [0.25, 0.3) is 0 Å². The molecular formula is C100H94F4N20O12. The Morgan fingerprint density at radius 3 is 0.868 bits per heavy atom. The number of urea groups is 4. The quantitative estimate of drug-likeness (QED) is 0.0508. The van der Waals surface area contributed by atoms with Gasteiger partial charge in [0.2, 0.25) is 23.5 Å². The highest BCUT2D eigenvalue weighted by molar-refractivity contribution is 6.14. The fourth-order valence-corrected chi connectivity index (χ4v) is 15.9. The van der Waals surface area contributed by atoms with Gasteiger partial charge in [0.1, 0.15) is 59.6 Å². The van der Waals surface area contributed by atoms with Gasteiger partial charge in [-0.3, -0.25) is 38.3 Å². The first kappa shape index (κ1) is 76.0. The maximum Gasteiger partial charge on any atom is 0.392 e. The molecule has 32 nitrogen and oxygen atoms in total. The number of rotatable bonds is 24. The summed E-state index contributed by atoms with van der Waals surface area (Å²) < 4.78 is 187. The van der Waals surface area contributed by atoms with Gasteiger partial charge in [0.05, 0.1) is 142 Å². The van der Waals surface area contributed by atoms with Crippen molar-refractivity contribution in [3.8, 4) is 46.5 Å². The number of methoxy groups -OCH3 is 4. The molecule has 1 aliphatic carbocycles. The maximum absolute atomic E-state index is 14.0. The van der Waals surface area contributed by atoms with Crippen molar-refractivity contribution in [3.63, 3.8) is 0 Å². The summed E-state index contributed by atoms with van der Waals surface area (Å²) in [7, 11) is -3.04. The number of fused-ring (bicyclic) bond motifs is 8. The van der Waals surface area contributed by atoms with E-state index in [0.717, 1.165) is 90.9 Å². The number of ether oxygens (including phenoxy) is 8. The standard InChI is InChI=1S/C26H25N5O3.C25H22F3N5O3.C25H25N5O3.C24H22FN5O3/c1-29-14-19-13-21(8-11-23(19)28-29)30-15-18-5-12-24(34-16-17-3-4-17)27-25(18)31(26(30)32)20-6-9-22(33-2)10-7-20;1-31-14-17-13-19(6-9-21(17)30-31)32-15-16-3-10-22(36-12-11-25(26,27)28)29-23(16)33(24(32)34)18-4-7-20(35-2)8-5-18;1-4-13-33-23-12-5-17-16-29(20-8-11-22-18(14-20)15-28(2)27-22)25(31)30(24(17)26-23)19-6-9-21(32-3)10-7-19;1-28-14-17-13-19(6-9-21(17)27-28)29-15-16-3-10-22(33-12-11-25)26-23(16)30(24(29)31)18-4-7-20(32-2)8-5-18/h5-14,17H,3-4,15-16H2,1-2H3;3-10,13-14H,11-12,15H2,1-2H3;5-12,14-15H,4,13,16H2,1-3H3;3-10,13-14H,11-12,15H2,1-2H3/i2*2D3;3D3;2D3. The predicted molar refractivity (Wildman–Crippen MR) is 508 cm³/mol. The van der Waals surface area contributed by atoms with E-state index >= 15 is 0 Å². The summed E-state index contributed by atoms with van der Waals surface area (Å²) in [6.45, 7) is 2.75. The molecule has 36 heteroatoms. The number of pyridine rings is 4. The summed E-state index contributed by atoms with van der Waals surface area (Å²) in [5, 5.41) is 21.1. The van der Waals surface area contributed by atoms with Crippen molar-refractivity contribution < 1.29 is 91.1 Å². The Morgan fingerprint density at radius 1 is 0.346 bits per heavy atom. The summed E-state index contributed by atoms with van der Waals surface area (Å²) in [5.41, 5.74) is 10.9. The van der Waals surface area contributed by atoms with Crippen molar-refractivity contribution in [2.45, 2.75) is 65.0 Å². The molecule has 0 radical (unpaired) electrons. The van der Waals surface area contributed by atoms with Gasteiger partial charge < -0.3 is 37.9 Å². The summed E-state index contributed by atoms with van der Waals surface area (Å²) in [4.78, 5) is 86.0. The first-order chi connectivity index (χ1) is 70.5. The van der Waals surface area contributed by atoms with Crippen LogP contribution in [0.15, 0.2) is 243 Å². The Balaban J connectivity index is 0.000000129. The van der Waals surface area contributed by atoms with Gasteiger partial charge in [0.15, 0.2) is 0 Å². The molecule has 694 valence electrons.